The van der Waals surface area contributed by atoms with Crippen molar-refractivity contribution in [2.24, 2.45) is 0 Å². The first kappa shape index (κ1) is 17.4. The lowest BCUT2D eigenvalue weighted by Gasteiger charge is -2.28. The Morgan fingerprint density at radius 3 is 2.96 bits per heavy atom. The number of nitrogens with zero attached hydrogens (tertiary/aromatic N) is 4. The van der Waals surface area contributed by atoms with Crippen LogP contribution in [0.4, 0.5) is 0 Å². The highest BCUT2D eigenvalue weighted by Gasteiger charge is 2.22. The van der Waals surface area contributed by atoms with E-state index in [0.717, 1.165) is 41.2 Å². The Hall–Kier alpha value is -3.06. The van der Waals surface area contributed by atoms with Gasteiger partial charge in [-0.3, -0.25) is 14.7 Å². The van der Waals surface area contributed by atoms with Crippen molar-refractivity contribution in [3.8, 4) is 17.3 Å². The van der Waals surface area contributed by atoms with Crippen molar-refractivity contribution in [2.75, 3.05) is 13.7 Å². The number of hydrogen-bond donors (Lipinski definition) is 1. The summed E-state index contributed by atoms with van der Waals surface area (Å²) >= 11 is 0. The van der Waals surface area contributed by atoms with Crippen molar-refractivity contribution in [3.63, 3.8) is 0 Å². The summed E-state index contributed by atoms with van der Waals surface area (Å²) in [7, 11) is 1.70. The van der Waals surface area contributed by atoms with E-state index in [4.69, 9.17) is 4.74 Å². The highest BCUT2D eigenvalue weighted by atomic mass is 16.5. The second-order valence-electron chi connectivity index (χ2n) is 6.66. The maximum atomic E-state index is 12.5. The number of fused-ring (bicyclic) bond motifs is 1. The number of benzene rings is 1. The Morgan fingerprint density at radius 1 is 1.30 bits per heavy atom. The van der Waals surface area contributed by atoms with Gasteiger partial charge < -0.3 is 9.72 Å². The molecule has 3 aromatic rings. The molecule has 0 unspecified atom stereocenters. The van der Waals surface area contributed by atoms with Crippen LogP contribution in [0.3, 0.4) is 0 Å². The van der Waals surface area contributed by atoms with Crippen LogP contribution in [0, 0.1) is 6.92 Å². The summed E-state index contributed by atoms with van der Waals surface area (Å²) in [4.78, 5) is 30.6. The van der Waals surface area contributed by atoms with Gasteiger partial charge >= 0.3 is 0 Å². The summed E-state index contributed by atoms with van der Waals surface area (Å²) in [5.41, 5.74) is 4.29. The average Bonchev–Trinajstić information content (AvgIpc) is 2.68. The van der Waals surface area contributed by atoms with E-state index in [2.05, 4.69) is 30.9 Å². The Morgan fingerprint density at radius 2 is 2.19 bits per heavy atom. The predicted octanol–water partition coefficient (Wildman–Crippen LogP) is 2.10. The van der Waals surface area contributed by atoms with E-state index in [1.165, 1.54) is 0 Å². The molecule has 27 heavy (non-hydrogen) atoms. The monoisotopic (exact) mass is 363 g/mol. The van der Waals surface area contributed by atoms with Gasteiger partial charge in [0, 0.05) is 43.2 Å². The molecule has 138 valence electrons. The van der Waals surface area contributed by atoms with E-state index in [9.17, 15) is 4.79 Å². The first-order valence-electron chi connectivity index (χ1n) is 8.89. The Bertz CT molecular complexity index is 1020. The zero-order chi connectivity index (χ0) is 18.8. The molecule has 0 saturated heterocycles. The number of aromatic nitrogens is 4. The van der Waals surface area contributed by atoms with Crippen LogP contribution in [0.2, 0.25) is 0 Å². The van der Waals surface area contributed by atoms with Gasteiger partial charge in [-0.1, -0.05) is 18.2 Å². The quantitative estimate of drug-likeness (QED) is 0.764. The molecular weight excluding hydrogens is 342 g/mol. The van der Waals surface area contributed by atoms with E-state index in [0.29, 0.717) is 24.5 Å². The molecule has 0 fully saturated rings. The number of rotatable bonds is 4. The Labute approximate surface area is 157 Å². The molecule has 1 N–H and O–H groups in total. The van der Waals surface area contributed by atoms with Gasteiger partial charge in [0.1, 0.15) is 11.4 Å². The van der Waals surface area contributed by atoms with Crippen LogP contribution in [-0.4, -0.2) is 38.5 Å². The molecule has 1 aliphatic rings. The van der Waals surface area contributed by atoms with E-state index in [-0.39, 0.29) is 5.56 Å². The molecule has 4 rings (SSSR count). The molecular formula is C20H21N5O2. The predicted molar refractivity (Wildman–Crippen MR) is 101 cm³/mol. The first-order valence-corrected chi connectivity index (χ1v) is 8.89. The molecule has 0 radical (unpaired) electrons. The van der Waals surface area contributed by atoms with Crippen molar-refractivity contribution in [1.29, 1.82) is 0 Å². The molecule has 0 amide bonds. The lowest BCUT2D eigenvalue weighted by atomic mass is 10.0. The topological polar surface area (TPSA) is 84.0 Å². The number of hydrogen-bond acceptors (Lipinski definition) is 6. The number of aromatic amines is 1. The zero-order valence-electron chi connectivity index (χ0n) is 15.4. The van der Waals surface area contributed by atoms with Gasteiger partial charge in [-0.25, -0.2) is 9.97 Å². The van der Waals surface area contributed by atoms with Gasteiger partial charge in [0.2, 0.25) is 0 Å². The fraction of sp³-hybridized carbons (Fsp3) is 0.300. The van der Waals surface area contributed by atoms with Gasteiger partial charge in [0.15, 0.2) is 5.82 Å². The maximum absolute atomic E-state index is 12.5. The summed E-state index contributed by atoms with van der Waals surface area (Å²) in [6.07, 6.45) is 5.46. The first-order chi connectivity index (χ1) is 13.2. The van der Waals surface area contributed by atoms with Gasteiger partial charge in [-0.2, -0.15) is 0 Å². The fourth-order valence-corrected chi connectivity index (χ4v) is 3.54. The SMILES string of the molecule is COc1c(C)cccc1CN1CCc2c(nc(-c3cnccn3)[nH]c2=O)C1. The van der Waals surface area contributed by atoms with Crippen LogP contribution in [0.5, 0.6) is 5.75 Å². The van der Waals surface area contributed by atoms with Crippen LogP contribution < -0.4 is 10.3 Å². The van der Waals surface area contributed by atoms with Crippen LogP contribution in [0.25, 0.3) is 11.5 Å². The average molecular weight is 363 g/mol. The summed E-state index contributed by atoms with van der Waals surface area (Å²) in [6.45, 7) is 4.21. The van der Waals surface area contributed by atoms with Crippen molar-refractivity contribution in [1.82, 2.24) is 24.8 Å². The van der Waals surface area contributed by atoms with Crippen molar-refractivity contribution >= 4 is 0 Å². The number of aryl methyl sites for hydroxylation is 1. The van der Waals surface area contributed by atoms with Gasteiger partial charge in [-0.05, 0) is 18.9 Å². The fourth-order valence-electron chi connectivity index (χ4n) is 3.54. The second-order valence-corrected chi connectivity index (χ2v) is 6.66. The largest absolute Gasteiger partial charge is 0.496 e. The summed E-state index contributed by atoms with van der Waals surface area (Å²) < 4.78 is 5.57. The Kier molecular flexibility index (Phi) is 4.68. The molecule has 1 aliphatic heterocycles. The number of ether oxygens (including phenoxy) is 1. The minimum atomic E-state index is -0.0894. The van der Waals surface area contributed by atoms with Crippen LogP contribution >= 0.6 is 0 Å². The second kappa shape index (κ2) is 7.28. The van der Waals surface area contributed by atoms with Gasteiger partial charge in [-0.15, -0.1) is 0 Å². The van der Waals surface area contributed by atoms with Crippen molar-refractivity contribution in [3.05, 3.63) is 69.5 Å². The Balaban J connectivity index is 1.62. The van der Waals surface area contributed by atoms with Crippen molar-refractivity contribution in [2.45, 2.75) is 26.4 Å². The smallest absolute Gasteiger partial charge is 0.254 e. The van der Waals surface area contributed by atoms with E-state index in [1.54, 1.807) is 25.7 Å². The highest BCUT2D eigenvalue weighted by molar-refractivity contribution is 5.47. The maximum Gasteiger partial charge on any atom is 0.254 e. The normalized spacial score (nSPS) is 14.0. The van der Waals surface area contributed by atoms with Crippen LogP contribution in [0.15, 0.2) is 41.6 Å². The van der Waals surface area contributed by atoms with E-state index in [1.807, 2.05) is 19.1 Å². The van der Waals surface area contributed by atoms with E-state index >= 15 is 0 Å². The molecule has 3 heterocycles. The summed E-state index contributed by atoms with van der Waals surface area (Å²) in [6, 6.07) is 6.17. The minimum Gasteiger partial charge on any atom is -0.496 e. The number of nitrogens with one attached hydrogen (secondary N) is 1. The van der Waals surface area contributed by atoms with E-state index < -0.39 is 0 Å². The molecule has 7 nitrogen and oxygen atoms in total. The van der Waals surface area contributed by atoms with Crippen LogP contribution in [0.1, 0.15) is 22.4 Å². The molecule has 2 aromatic heterocycles. The molecule has 1 aromatic carbocycles. The number of para-hydroxylation sites is 1. The lowest BCUT2D eigenvalue weighted by molar-refractivity contribution is 0.237. The standard InChI is InChI=1S/C20H21N5O2/c1-13-4-3-5-14(18(13)27-2)11-25-9-6-15-17(12-25)23-19(24-20(15)26)16-10-21-7-8-22-16/h3-5,7-8,10H,6,9,11-12H2,1-2H3,(H,23,24,26). The third kappa shape index (κ3) is 3.46. The minimum absolute atomic E-state index is 0.0894. The molecule has 0 aliphatic carbocycles. The molecule has 0 atom stereocenters. The zero-order valence-corrected chi connectivity index (χ0v) is 15.4. The molecule has 7 heteroatoms. The molecule has 0 saturated carbocycles. The van der Waals surface area contributed by atoms with Gasteiger partial charge in [0.05, 0.1) is 19.0 Å². The van der Waals surface area contributed by atoms with Crippen LogP contribution in [-0.2, 0) is 19.5 Å². The highest BCUT2D eigenvalue weighted by Crippen LogP contribution is 2.26. The number of H-pyrrole nitrogens is 1. The van der Waals surface area contributed by atoms with Gasteiger partial charge in [0.25, 0.3) is 5.56 Å². The molecule has 0 bridgehead atoms. The summed E-state index contributed by atoms with van der Waals surface area (Å²) in [5, 5.41) is 0. The lowest BCUT2D eigenvalue weighted by Crippen LogP contribution is -2.35. The third-order valence-corrected chi connectivity index (χ3v) is 4.85. The molecule has 0 spiro atoms. The number of methoxy groups -OCH3 is 1. The third-order valence-electron chi connectivity index (χ3n) is 4.85. The van der Waals surface area contributed by atoms with Crippen molar-refractivity contribution < 1.29 is 4.74 Å². The summed E-state index contributed by atoms with van der Waals surface area (Å²) in [5.74, 6) is 1.38.